The maximum atomic E-state index is 13.1. The number of aliphatic carboxylic acids is 1. The van der Waals surface area contributed by atoms with Crippen LogP contribution in [-0.4, -0.2) is 36.8 Å². The van der Waals surface area contributed by atoms with E-state index in [0.29, 0.717) is 25.3 Å². The number of carbonyl (C=O) groups is 1. The molecule has 1 unspecified atom stereocenters. The highest BCUT2D eigenvalue weighted by molar-refractivity contribution is 5.74. The Balaban J connectivity index is 2.80. The second-order valence-corrected chi connectivity index (χ2v) is 3.97. The minimum Gasteiger partial charge on any atom is -0.480 e. The first-order chi connectivity index (χ1) is 8.58. The summed E-state index contributed by atoms with van der Waals surface area (Å²) in [6, 6.07) is 5.52. The van der Waals surface area contributed by atoms with Gasteiger partial charge in [0.15, 0.2) is 0 Å². The monoisotopic (exact) mass is 254 g/mol. The molecule has 1 rings (SSSR count). The largest absolute Gasteiger partial charge is 0.480 e. The Labute approximate surface area is 106 Å². The molecule has 2 N–H and O–H groups in total. The molecule has 0 bridgehead atoms. The normalized spacial score (nSPS) is 12.2. The molecule has 1 aromatic rings. The number of anilines is 1. The van der Waals surface area contributed by atoms with Crippen LogP contribution in [0.4, 0.5) is 10.1 Å². The molecule has 1 atom stereocenters. The van der Waals surface area contributed by atoms with E-state index >= 15 is 0 Å². The van der Waals surface area contributed by atoms with Gasteiger partial charge in [-0.3, -0.25) is 4.79 Å². The topological polar surface area (TPSA) is 52.6 Å². The van der Waals surface area contributed by atoms with Crippen LogP contribution in [0.25, 0.3) is 0 Å². The van der Waals surface area contributed by atoms with Crippen molar-refractivity contribution in [2.24, 2.45) is 0 Å². The van der Waals surface area contributed by atoms with E-state index in [2.05, 4.69) is 5.32 Å². The van der Waals surface area contributed by atoms with Crippen molar-refractivity contribution >= 4 is 11.7 Å². The second kappa shape index (κ2) is 6.96. The Kier molecular flexibility index (Phi) is 5.58. The predicted molar refractivity (Wildman–Crippen MR) is 69.4 cm³/mol. The number of carboxylic acid groups (broad SMARTS) is 1. The van der Waals surface area contributed by atoms with Gasteiger partial charge in [-0.2, -0.15) is 0 Å². The summed E-state index contributed by atoms with van der Waals surface area (Å²) in [5.41, 5.74) is 0.696. The average molecular weight is 254 g/mol. The summed E-state index contributed by atoms with van der Waals surface area (Å²) in [6.07, 6.45) is 0. The zero-order valence-electron chi connectivity index (χ0n) is 10.7. The third-order valence-electron chi connectivity index (χ3n) is 2.71. The Morgan fingerprint density at radius 1 is 1.50 bits per heavy atom. The summed E-state index contributed by atoms with van der Waals surface area (Å²) in [5.74, 6) is -1.21. The van der Waals surface area contributed by atoms with Crippen molar-refractivity contribution in [3.63, 3.8) is 0 Å². The summed E-state index contributed by atoms with van der Waals surface area (Å²) in [4.78, 5) is 12.9. The molecule has 0 amide bonds. The Morgan fingerprint density at radius 2 is 2.22 bits per heavy atom. The van der Waals surface area contributed by atoms with Crippen LogP contribution < -0.4 is 10.2 Å². The molecule has 4 nitrogen and oxygen atoms in total. The van der Waals surface area contributed by atoms with Gasteiger partial charge in [0, 0.05) is 18.8 Å². The SMILES string of the molecule is CCNC(CN(CC)c1cccc(F)c1)C(=O)O. The summed E-state index contributed by atoms with van der Waals surface area (Å²) in [7, 11) is 0. The smallest absolute Gasteiger partial charge is 0.322 e. The summed E-state index contributed by atoms with van der Waals surface area (Å²) in [6.45, 7) is 5.28. The lowest BCUT2D eigenvalue weighted by molar-refractivity contribution is -0.139. The Hall–Kier alpha value is -1.62. The predicted octanol–water partition coefficient (Wildman–Crippen LogP) is 1.71. The zero-order chi connectivity index (χ0) is 13.5. The van der Waals surface area contributed by atoms with E-state index in [0.717, 1.165) is 0 Å². The minimum atomic E-state index is -0.897. The molecule has 0 aliphatic heterocycles. The average Bonchev–Trinajstić information content (AvgIpc) is 2.34. The molecule has 100 valence electrons. The second-order valence-electron chi connectivity index (χ2n) is 3.97. The fourth-order valence-corrected chi connectivity index (χ4v) is 1.79. The van der Waals surface area contributed by atoms with Gasteiger partial charge in [0.25, 0.3) is 0 Å². The molecule has 1 aromatic carbocycles. The molecule has 0 saturated carbocycles. The molecule has 0 radical (unpaired) electrons. The van der Waals surface area contributed by atoms with Crippen LogP contribution in [0.1, 0.15) is 13.8 Å². The fourth-order valence-electron chi connectivity index (χ4n) is 1.79. The number of carboxylic acids is 1. The number of halogens is 1. The van der Waals surface area contributed by atoms with Gasteiger partial charge in [-0.15, -0.1) is 0 Å². The summed E-state index contributed by atoms with van der Waals surface area (Å²) in [5, 5.41) is 12.0. The lowest BCUT2D eigenvalue weighted by atomic mass is 10.2. The van der Waals surface area contributed by atoms with Crippen molar-refractivity contribution < 1.29 is 14.3 Å². The third-order valence-corrected chi connectivity index (χ3v) is 2.71. The van der Waals surface area contributed by atoms with Crippen LogP contribution in [-0.2, 0) is 4.79 Å². The molecular weight excluding hydrogens is 235 g/mol. The molecule has 0 fully saturated rings. The van der Waals surface area contributed by atoms with E-state index in [-0.39, 0.29) is 5.82 Å². The molecule has 0 aliphatic carbocycles. The van der Waals surface area contributed by atoms with Crippen molar-refractivity contribution in [2.75, 3.05) is 24.5 Å². The third kappa shape index (κ3) is 4.00. The van der Waals surface area contributed by atoms with Crippen molar-refractivity contribution in [2.45, 2.75) is 19.9 Å². The molecule has 0 saturated heterocycles. The lowest BCUT2D eigenvalue weighted by Crippen LogP contribution is -2.46. The first kappa shape index (κ1) is 14.4. The van der Waals surface area contributed by atoms with Crippen molar-refractivity contribution in [3.05, 3.63) is 30.1 Å². The van der Waals surface area contributed by atoms with Gasteiger partial charge in [-0.05, 0) is 31.7 Å². The van der Waals surface area contributed by atoms with Crippen LogP contribution in [0.15, 0.2) is 24.3 Å². The zero-order valence-corrected chi connectivity index (χ0v) is 10.7. The van der Waals surface area contributed by atoms with Gasteiger partial charge in [-0.25, -0.2) is 4.39 Å². The van der Waals surface area contributed by atoms with E-state index in [1.54, 1.807) is 12.1 Å². The van der Waals surface area contributed by atoms with Crippen LogP contribution in [0, 0.1) is 5.82 Å². The van der Waals surface area contributed by atoms with E-state index in [4.69, 9.17) is 5.11 Å². The number of hydrogen-bond donors (Lipinski definition) is 2. The highest BCUT2D eigenvalue weighted by Gasteiger charge is 2.19. The Morgan fingerprint density at radius 3 is 2.72 bits per heavy atom. The molecule has 18 heavy (non-hydrogen) atoms. The van der Waals surface area contributed by atoms with Gasteiger partial charge in [0.05, 0.1) is 0 Å². The van der Waals surface area contributed by atoms with Crippen LogP contribution in [0.3, 0.4) is 0 Å². The van der Waals surface area contributed by atoms with Crippen LogP contribution >= 0.6 is 0 Å². The molecule has 5 heteroatoms. The quantitative estimate of drug-likeness (QED) is 0.778. The maximum Gasteiger partial charge on any atom is 0.322 e. The molecule has 0 aromatic heterocycles. The molecule has 0 heterocycles. The first-order valence-electron chi connectivity index (χ1n) is 6.05. The van der Waals surface area contributed by atoms with Gasteiger partial charge in [0.2, 0.25) is 0 Å². The molecule has 0 aliphatic rings. The number of rotatable bonds is 7. The van der Waals surface area contributed by atoms with Gasteiger partial charge < -0.3 is 15.3 Å². The standard InChI is InChI=1S/C13H19FN2O2/c1-3-15-12(13(17)18)9-16(4-2)11-7-5-6-10(14)8-11/h5-8,12,15H,3-4,9H2,1-2H3,(H,17,18). The Bertz CT molecular complexity index is 398. The van der Waals surface area contributed by atoms with Crippen molar-refractivity contribution in [1.82, 2.24) is 5.32 Å². The maximum absolute atomic E-state index is 13.1. The molecular formula is C13H19FN2O2. The lowest BCUT2D eigenvalue weighted by Gasteiger charge is -2.26. The van der Waals surface area contributed by atoms with Crippen molar-refractivity contribution in [1.29, 1.82) is 0 Å². The summed E-state index contributed by atoms with van der Waals surface area (Å²) >= 11 is 0. The summed E-state index contributed by atoms with van der Waals surface area (Å²) < 4.78 is 13.1. The number of likely N-dealkylation sites (N-methyl/N-ethyl adjacent to an activating group) is 2. The minimum absolute atomic E-state index is 0.309. The van der Waals surface area contributed by atoms with Gasteiger partial charge in [0.1, 0.15) is 11.9 Å². The number of benzene rings is 1. The van der Waals surface area contributed by atoms with Gasteiger partial charge >= 0.3 is 5.97 Å². The van der Waals surface area contributed by atoms with E-state index in [1.165, 1.54) is 12.1 Å². The fraction of sp³-hybridized carbons (Fsp3) is 0.462. The van der Waals surface area contributed by atoms with Gasteiger partial charge in [-0.1, -0.05) is 13.0 Å². The van der Waals surface area contributed by atoms with Crippen molar-refractivity contribution in [3.8, 4) is 0 Å². The highest BCUT2D eigenvalue weighted by atomic mass is 19.1. The first-order valence-corrected chi connectivity index (χ1v) is 6.05. The van der Waals surface area contributed by atoms with E-state index in [9.17, 15) is 9.18 Å². The van der Waals surface area contributed by atoms with Crippen LogP contribution in [0.2, 0.25) is 0 Å². The number of hydrogen-bond acceptors (Lipinski definition) is 3. The van der Waals surface area contributed by atoms with E-state index in [1.807, 2.05) is 18.7 Å². The highest BCUT2D eigenvalue weighted by Crippen LogP contribution is 2.15. The molecule has 0 spiro atoms. The number of nitrogens with one attached hydrogen (secondary N) is 1. The number of nitrogens with zero attached hydrogens (tertiary/aromatic N) is 1. The van der Waals surface area contributed by atoms with Crippen LogP contribution in [0.5, 0.6) is 0 Å². The van der Waals surface area contributed by atoms with E-state index < -0.39 is 12.0 Å².